The van der Waals surface area contributed by atoms with E-state index in [-0.39, 0.29) is 0 Å². The molecule has 0 atom stereocenters. The van der Waals surface area contributed by atoms with Crippen LogP contribution >= 0.6 is 0 Å². The fourth-order valence-corrected chi connectivity index (χ4v) is 3.48. The van der Waals surface area contributed by atoms with Gasteiger partial charge >= 0.3 is 5.97 Å². The van der Waals surface area contributed by atoms with Crippen LogP contribution in [0, 0.1) is 25.2 Å². The molecule has 3 aromatic rings. The SMILES string of the molecule is CCOC(=O)c1c(-c2ccc(Cc3ccccc3C)cc2)c(C#N)c(C)n1C. The number of ether oxygens (including phenoxy) is 1. The molecule has 0 fully saturated rings. The Morgan fingerprint density at radius 3 is 2.39 bits per heavy atom. The van der Waals surface area contributed by atoms with E-state index in [9.17, 15) is 10.1 Å². The molecule has 0 saturated heterocycles. The molecule has 1 heterocycles. The molecule has 0 aliphatic carbocycles. The first-order chi connectivity index (χ1) is 13.5. The topological polar surface area (TPSA) is 55.0 Å². The number of benzene rings is 2. The van der Waals surface area contributed by atoms with Crippen LogP contribution in [-0.4, -0.2) is 17.1 Å². The van der Waals surface area contributed by atoms with Gasteiger partial charge in [0, 0.05) is 18.3 Å². The second-order valence-electron chi connectivity index (χ2n) is 6.88. The van der Waals surface area contributed by atoms with Crippen LogP contribution < -0.4 is 0 Å². The van der Waals surface area contributed by atoms with Crippen LogP contribution in [0.3, 0.4) is 0 Å². The van der Waals surface area contributed by atoms with Gasteiger partial charge in [0.1, 0.15) is 11.8 Å². The van der Waals surface area contributed by atoms with E-state index in [0.29, 0.717) is 23.4 Å². The third-order valence-electron chi connectivity index (χ3n) is 5.17. The maximum absolute atomic E-state index is 12.5. The van der Waals surface area contributed by atoms with Crippen LogP contribution in [0.25, 0.3) is 11.1 Å². The zero-order valence-corrected chi connectivity index (χ0v) is 16.7. The molecule has 0 aliphatic rings. The van der Waals surface area contributed by atoms with E-state index in [1.165, 1.54) is 16.7 Å². The first-order valence-electron chi connectivity index (χ1n) is 9.38. The molecule has 2 aromatic carbocycles. The Bertz CT molecular complexity index is 1050. The summed E-state index contributed by atoms with van der Waals surface area (Å²) in [6.45, 7) is 6.03. The number of nitriles is 1. The number of carbonyl (C=O) groups excluding carboxylic acids is 1. The minimum atomic E-state index is -0.409. The molecule has 0 spiro atoms. The molecule has 0 bridgehead atoms. The Kier molecular flexibility index (Phi) is 5.65. The normalized spacial score (nSPS) is 10.5. The lowest BCUT2D eigenvalue weighted by molar-refractivity contribution is 0.0516. The standard InChI is InChI=1S/C24H24N2O2/c1-5-28-24(27)23-22(21(15-25)17(3)26(23)4)19-12-10-18(11-13-19)14-20-9-7-6-8-16(20)2/h6-13H,5,14H2,1-4H3. The number of rotatable bonds is 5. The lowest BCUT2D eigenvalue weighted by Crippen LogP contribution is -2.11. The molecule has 0 radical (unpaired) electrons. The molecular formula is C24H24N2O2. The van der Waals surface area contributed by atoms with Gasteiger partial charge in [-0.2, -0.15) is 5.26 Å². The number of nitrogens with zero attached hydrogens (tertiary/aromatic N) is 2. The predicted octanol–water partition coefficient (Wildman–Crippen LogP) is 4.95. The van der Waals surface area contributed by atoms with Crippen LogP contribution in [0.15, 0.2) is 48.5 Å². The maximum Gasteiger partial charge on any atom is 0.355 e. The Morgan fingerprint density at radius 2 is 1.79 bits per heavy atom. The Morgan fingerprint density at radius 1 is 1.11 bits per heavy atom. The smallest absolute Gasteiger partial charge is 0.355 e. The van der Waals surface area contributed by atoms with E-state index in [1.54, 1.807) is 18.5 Å². The highest BCUT2D eigenvalue weighted by Gasteiger charge is 2.25. The quantitative estimate of drug-likeness (QED) is 0.596. The molecule has 0 saturated carbocycles. The number of aryl methyl sites for hydroxylation is 1. The summed E-state index contributed by atoms with van der Waals surface area (Å²) in [7, 11) is 1.79. The van der Waals surface area contributed by atoms with Crippen molar-refractivity contribution in [2.24, 2.45) is 7.05 Å². The molecule has 0 amide bonds. The van der Waals surface area contributed by atoms with Gasteiger partial charge in [-0.3, -0.25) is 0 Å². The van der Waals surface area contributed by atoms with E-state index < -0.39 is 5.97 Å². The molecular weight excluding hydrogens is 348 g/mol. The van der Waals surface area contributed by atoms with Crippen LogP contribution in [0.2, 0.25) is 0 Å². The highest BCUT2D eigenvalue weighted by atomic mass is 16.5. The van der Waals surface area contributed by atoms with Gasteiger partial charge in [0.2, 0.25) is 0 Å². The van der Waals surface area contributed by atoms with Crippen molar-refractivity contribution < 1.29 is 9.53 Å². The lowest BCUT2D eigenvalue weighted by atomic mass is 9.96. The third-order valence-corrected chi connectivity index (χ3v) is 5.17. The fourth-order valence-electron chi connectivity index (χ4n) is 3.48. The molecule has 4 nitrogen and oxygen atoms in total. The monoisotopic (exact) mass is 372 g/mol. The highest BCUT2D eigenvalue weighted by molar-refractivity contribution is 5.98. The number of hydrogen-bond acceptors (Lipinski definition) is 3. The van der Waals surface area contributed by atoms with Crippen molar-refractivity contribution in [2.45, 2.75) is 27.2 Å². The van der Waals surface area contributed by atoms with Crippen LogP contribution in [0.4, 0.5) is 0 Å². The van der Waals surface area contributed by atoms with Gasteiger partial charge in [-0.25, -0.2) is 4.79 Å². The van der Waals surface area contributed by atoms with Crippen molar-refractivity contribution in [2.75, 3.05) is 6.61 Å². The summed E-state index contributed by atoms with van der Waals surface area (Å²) in [4.78, 5) is 12.5. The van der Waals surface area contributed by atoms with E-state index in [4.69, 9.17) is 4.74 Å². The average molecular weight is 372 g/mol. The maximum atomic E-state index is 12.5. The summed E-state index contributed by atoms with van der Waals surface area (Å²) in [6, 6.07) is 18.7. The average Bonchev–Trinajstić information content (AvgIpc) is 2.95. The summed E-state index contributed by atoms with van der Waals surface area (Å²) in [5.74, 6) is -0.409. The fraction of sp³-hybridized carbons (Fsp3) is 0.250. The minimum Gasteiger partial charge on any atom is -0.461 e. The largest absolute Gasteiger partial charge is 0.461 e. The molecule has 28 heavy (non-hydrogen) atoms. The van der Waals surface area contributed by atoms with Gasteiger partial charge in [0.05, 0.1) is 12.2 Å². The van der Waals surface area contributed by atoms with Gasteiger partial charge < -0.3 is 9.30 Å². The predicted molar refractivity (Wildman–Crippen MR) is 110 cm³/mol. The van der Waals surface area contributed by atoms with Crippen LogP contribution in [0.1, 0.15) is 45.4 Å². The Hall–Kier alpha value is -3.32. The summed E-state index contributed by atoms with van der Waals surface area (Å²) < 4.78 is 6.97. The second kappa shape index (κ2) is 8.14. The number of hydrogen-bond donors (Lipinski definition) is 0. The van der Waals surface area contributed by atoms with Gasteiger partial charge in [0.15, 0.2) is 0 Å². The molecule has 0 N–H and O–H groups in total. The second-order valence-corrected chi connectivity index (χ2v) is 6.88. The van der Waals surface area contributed by atoms with Crippen molar-refractivity contribution in [3.8, 4) is 17.2 Å². The minimum absolute atomic E-state index is 0.291. The lowest BCUT2D eigenvalue weighted by Gasteiger charge is -2.09. The van der Waals surface area contributed by atoms with Gasteiger partial charge in [-0.15, -0.1) is 0 Å². The number of aromatic nitrogens is 1. The van der Waals surface area contributed by atoms with Crippen molar-refractivity contribution >= 4 is 5.97 Å². The molecule has 142 valence electrons. The van der Waals surface area contributed by atoms with E-state index >= 15 is 0 Å². The molecule has 3 rings (SSSR count). The first kappa shape index (κ1) is 19.4. The summed E-state index contributed by atoms with van der Waals surface area (Å²) in [6.07, 6.45) is 0.844. The molecule has 4 heteroatoms. The van der Waals surface area contributed by atoms with Crippen LogP contribution in [0.5, 0.6) is 0 Å². The van der Waals surface area contributed by atoms with Crippen molar-refractivity contribution in [3.63, 3.8) is 0 Å². The molecule has 0 aliphatic heterocycles. The van der Waals surface area contributed by atoms with Crippen molar-refractivity contribution in [1.29, 1.82) is 5.26 Å². The Balaban J connectivity index is 2.02. The van der Waals surface area contributed by atoms with Crippen molar-refractivity contribution in [3.05, 3.63) is 82.2 Å². The first-order valence-corrected chi connectivity index (χ1v) is 9.38. The number of esters is 1. The van der Waals surface area contributed by atoms with Crippen molar-refractivity contribution in [1.82, 2.24) is 4.57 Å². The summed E-state index contributed by atoms with van der Waals surface area (Å²) in [5, 5.41) is 9.67. The molecule has 1 aromatic heterocycles. The van der Waals surface area contributed by atoms with E-state index in [2.05, 4.69) is 37.3 Å². The van der Waals surface area contributed by atoms with E-state index in [1.807, 2.05) is 31.2 Å². The molecule has 0 unspecified atom stereocenters. The third kappa shape index (κ3) is 3.57. The van der Waals surface area contributed by atoms with Gasteiger partial charge in [0.25, 0.3) is 0 Å². The zero-order chi connectivity index (χ0) is 20.3. The van der Waals surface area contributed by atoms with Crippen LogP contribution in [-0.2, 0) is 18.2 Å². The number of carbonyl (C=O) groups is 1. The van der Waals surface area contributed by atoms with Gasteiger partial charge in [-0.1, -0.05) is 48.5 Å². The Labute approximate surface area is 166 Å². The highest BCUT2D eigenvalue weighted by Crippen LogP contribution is 2.33. The zero-order valence-electron chi connectivity index (χ0n) is 16.7. The van der Waals surface area contributed by atoms with E-state index in [0.717, 1.165) is 17.7 Å². The summed E-state index contributed by atoms with van der Waals surface area (Å²) in [5.41, 5.74) is 6.91. The summed E-state index contributed by atoms with van der Waals surface area (Å²) >= 11 is 0. The van der Waals surface area contributed by atoms with Gasteiger partial charge in [-0.05, 0) is 49.4 Å².